The number of rotatable bonds is 3. The molecule has 0 unspecified atom stereocenters. The summed E-state index contributed by atoms with van der Waals surface area (Å²) in [4.78, 5) is 4.67. The maximum absolute atomic E-state index is 13.9. The Morgan fingerprint density at radius 3 is 2.81 bits per heavy atom. The molecule has 0 radical (unpaired) electrons. The Kier molecular flexibility index (Phi) is 3.37. The van der Waals surface area contributed by atoms with E-state index in [1.807, 2.05) is 28.8 Å². The Bertz CT molecular complexity index is 805. The monoisotopic (exact) mass is 283 g/mol. The van der Waals surface area contributed by atoms with Crippen LogP contribution in [-0.2, 0) is 6.42 Å². The van der Waals surface area contributed by atoms with E-state index in [0.29, 0.717) is 11.3 Å². The van der Waals surface area contributed by atoms with Crippen molar-refractivity contribution in [1.82, 2.24) is 9.55 Å². The van der Waals surface area contributed by atoms with Gasteiger partial charge in [0.1, 0.15) is 11.6 Å². The van der Waals surface area contributed by atoms with E-state index in [1.165, 1.54) is 6.07 Å². The zero-order valence-electron chi connectivity index (χ0n) is 12.2. The summed E-state index contributed by atoms with van der Waals surface area (Å²) < 4.78 is 15.9. The molecule has 0 aliphatic carbocycles. The Balaban J connectivity index is 2.33. The van der Waals surface area contributed by atoms with Crippen LogP contribution in [0, 0.1) is 12.7 Å². The first-order valence-corrected chi connectivity index (χ1v) is 7.14. The highest BCUT2D eigenvalue weighted by molar-refractivity contribution is 5.81. The Morgan fingerprint density at radius 2 is 2.05 bits per heavy atom. The number of imidazole rings is 1. The van der Waals surface area contributed by atoms with Gasteiger partial charge in [0.15, 0.2) is 0 Å². The van der Waals surface area contributed by atoms with Crippen LogP contribution in [0.5, 0.6) is 0 Å². The number of hydrogen-bond donors (Lipinski definition) is 1. The van der Waals surface area contributed by atoms with Crippen molar-refractivity contribution in [3.8, 4) is 5.69 Å². The average molecular weight is 283 g/mol. The molecule has 0 saturated carbocycles. The topological polar surface area (TPSA) is 43.8 Å². The lowest BCUT2D eigenvalue weighted by molar-refractivity contribution is 0.616. The Labute approximate surface area is 123 Å². The number of hydrogen-bond acceptors (Lipinski definition) is 2. The molecule has 3 nitrogen and oxygen atoms in total. The number of nitrogen functional groups attached to an aromatic ring is 1. The molecule has 2 aromatic carbocycles. The summed E-state index contributed by atoms with van der Waals surface area (Å²) in [6.45, 7) is 3.90. The van der Waals surface area contributed by atoms with Gasteiger partial charge in [-0.3, -0.25) is 4.57 Å². The van der Waals surface area contributed by atoms with Crippen LogP contribution in [0.2, 0.25) is 0 Å². The van der Waals surface area contributed by atoms with Crippen molar-refractivity contribution < 1.29 is 4.39 Å². The lowest BCUT2D eigenvalue weighted by atomic mass is 10.1. The van der Waals surface area contributed by atoms with Crippen molar-refractivity contribution in [3.05, 3.63) is 53.6 Å². The van der Waals surface area contributed by atoms with E-state index >= 15 is 0 Å². The third-order valence-corrected chi connectivity index (χ3v) is 3.70. The third-order valence-electron chi connectivity index (χ3n) is 3.70. The van der Waals surface area contributed by atoms with Crippen molar-refractivity contribution in [1.29, 1.82) is 0 Å². The highest BCUT2D eigenvalue weighted by atomic mass is 19.1. The molecule has 0 atom stereocenters. The van der Waals surface area contributed by atoms with Crippen LogP contribution >= 0.6 is 0 Å². The SMILES string of the molecule is CCCc1nc2cc(N)ccc2n1-c1cccc(F)c1C. The fourth-order valence-electron chi connectivity index (χ4n) is 2.65. The average Bonchev–Trinajstić information content (AvgIpc) is 2.79. The molecule has 0 spiro atoms. The molecule has 3 rings (SSSR count). The molecule has 0 bridgehead atoms. The smallest absolute Gasteiger partial charge is 0.128 e. The van der Waals surface area contributed by atoms with Gasteiger partial charge in [-0.15, -0.1) is 0 Å². The maximum atomic E-state index is 13.9. The molecule has 1 aromatic heterocycles. The molecule has 108 valence electrons. The van der Waals surface area contributed by atoms with Crippen molar-refractivity contribution in [3.63, 3.8) is 0 Å². The molecule has 0 aliphatic heterocycles. The van der Waals surface area contributed by atoms with Crippen LogP contribution in [0.15, 0.2) is 36.4 Å². The summed E-state index contributed by atoms with van der Waals surface area (Å²) in [5.41, 5.74) is 9.80. The van der Waals surface area contributed by atoms with Gasteiger partial charge in [-0.05, 0) is 43.7 Å². The van der Waals surface area contributed by atoms with E-state index in [-0.39, 0.29) is 5.82 Å². The van der Waals surface area contributed by atoms with Gasteiger partial charge in [-0.25, -0.2) is 9.37 Å². The largest absolute Gasteiger partial charge is 0.399 e. The number of halogens is 1. The molecule has 4 heteroatoms. The lowest BCUT2D eigenvalue weighted by Crippen LogP contribution is -2.04. The quantitative estimate of drug-likeness (QED) is 0.738. The summed E-state index contributed by atoms with van der Waals surface area (Å²) in [5, 5.41) is 0. The molecule has 0 aliphatic rings. The van der Waals surface area contributed by atoms with Gasteiger partial charge >= 0.3 is 0 Å². The van der Waals surface area contributed by atoms with E-state index in [4.69, 9.17) is 5.73 Å². The van der Waals surface area contributed by atoms with E-state index < -0.39 is 0 Å². The van der Waals surface area contributed by atoms with Crippen molar-refractivity contribution >= 4 is 16.7 Å². The fraction of sp³-hybridized carbons (Fsp3) is 0.235. The molecular formula is C17H18FN3. The highest BCUT2D eigenvalue weighted by Gasteiger charge is 2.15. The minimum Gasteiger partial charge on any atom is -0.399 e. The molecular weight excluding hydrogens is 265 g/mol. The first kappa shape index (κ1) is 13.6. The van der Waals surface area contributed by atoms with E-state index in [1.54, 1.807) is 13.0 Å². The lowest BCUT2D eigenvalue weighted by Gasteiger charge is -2.12. The number of aryl methyl sites for hydroxylation is 1. The predicted molar refractivity (Wildman–Crippen MR) is 84.2 cm³/mol. The standard InChI is InChI=1S/C17H18FN3/c1-3-5-17-20-14-10-12(19)8-9-16(14)21(17)15-7-4-6-13(18)11(15)2/h4,6-10H,3,5,19H2,1-2H3. The maximum Gasteiger partial charge on any atom is 0.128 e. The van der Waals surface area contributed by atoms with Crippen LogP contribution in [0.25, 0.3) is 16.7 Å². The van der Waals surface area contributed by atoms with Gasteiger partial charge in [0.25, 0.3) is 0 Å². The van der Waals surface area contributed by atoms with Gasteiger partial charge in [-0.1, -0.05) is 13.0 Å². The second-order valence-corrected chi connectivity index (χ2v) is 5.25. The zero-order chi connectivity index (χ0) is 15.0. The van der Waals surface area contributed by atoms with Gasteiger partial charge < -0.3 is 5.73 Å². The minimum absolute atomic E-state index is 0.202. The Hall–Kier alpha value is -2.36. The summed E-state index contributed by atoms with van der Waals surface area (Å²) in [6.07, 6.45) is 1.82. The predicted octanol–water partition coefficient (Wildman–Crippen LogP) is 4.01. The second-order valence-electron chi connectivity index (χ2n) is 5.25. The van der Waals surface area contributed by atoms with Gasteiger partial charge in [-0.2, -0.15) is 0 Å². The summed E-state index contributed by atoms with van der Waals surface area (Å²) >= 11 is 0. The zero-order valence-corrected chi connectivity index (χ0v) is 12.2. The molecule has 2 N–H and O–H groups in total. The second kappa shape index (κ2) is 5.20. The van der Waals surface area contributed by atoms with Gasteiger partial charge in [0, 0.05) is 17.7 Å². The van der Waals surface area contributed by atoms with Crippen LogP contribution < -0.4 is 5.73 Å². The van der Waals surface area contributed by atoms with Crippen molar-refractivity contribution in [2.75, 3.05) is 5.73 Å². The van der Waals surface area contributed by atoms with Crippen molar-refractivity contribution in [2.45, 2.75) is 26.7 Å². The minimum atomic E-state index is -0.202. The van der Waals surface area contributed by atoms with Crippen LogP contribution in [0.1, 0.15) is 24.7 Å². The normalized spacial score (nSPS) is 11.2. The molecule has 0 fully saturated rings. The molecule has 0 saturated heterocycles. The molecule has 3 aromatic rings. The van der Waals surface area contributed by atoms with Crippen LogP contribution in [0.4, 0.5) is 10.1 Å². The molecule has 1 heterocycles. The number of nitrogens with zero attached hydrogens (tertiary/aromatic N) is 2. The number of fused-ring (bicyclic) bond motifs is 1. The van der Waals surface area contributed by atoms with Gasteiger partial charge in [0.2, 0.25) is 0 Å². The van der Waals surface area contributed by atoms with E-state index in [0.717, 1.165) is 35.4 Å². The Morgan fingerprint density at radius 1 is 1.24 bits per heavy atom. The molecule has 21 heavy (non-hydrogen) atoms. The summed E-state index contributed by atoms with van der Waals surface area (Å²) in [5.74, 6) is 0.735. The number of benzene rings is 2. The summed E-state index contributed by atoms with van der Waals surface area (Å²) in [7, 11) is 0. The number of nitrogens with two attached hydrogens (primary N) is 1. The third kappa shape index (κ3) is 2.27. The van der Waals surface area contributed by atoms with Gasteiger partial charge in [0.05, 0.1) is 16.7 Å². The first-order valence-electron chi connectivity index (χ1n) is 7.14. The number of aromatic nitrogens is 2. The van der Waals surface area contributed by atoms with Crippen molar-refractivity contribution in [2.24, 2.45) is 0 Å². The first-order chi connectivity index (χ1) is 10.1. The number of anilines is 1. The van der Waals surface area contributed by atoms with Crippen LogP contribution in [0.3, 0.4) is 0 Å². The van der Waals surface area contributed by atoms with E-state index in [2.05, 4.69) is 11.9 Å². The molecule has 0 amide bonds. The fourth-order valence-corrected chi connectivity index (χ4v) is 2.65. The van der Waals surface area contributed by atoms with E-state index in [9.17, 15) is 4.39 Å². The highest BCUT2D eigenvalue weighted by Crippen LogP contribution is 2.27. The van der Waals surface area contributed by atoms with Crippen LogP contribution in [-0.4, -0.2) is 9.55 Å². The summed E-state index contributed by atoms with van der Waals surface area (Å²) in [6, 6.07) is 10.8.